The number of aryl methyl sites for hydroxylation is 1. The average molecular weight is 1360 g/mol. The van der Waals surface area contributed by atoms with Crippen LogP contribution in [0.25, 0.3) is 0 Å². The van der Waals surface area contributed by atoms with E-state index in [0.717, 1.165) is 189 Å². The fourth-order valence-electron chi connectivity index (χ4n) is 24.7. The molecular weight excluding hydrogens is 1210 g/mol. The van der Waals surface area contributed by atoms with Gasteiger partial charge in [0.25, 0.3) is 0 Å². The lowest BCUT2D eigenvalue weighted by atomic mass is 9.88. The normalized spacial score (nSPS) is 45.0. The van der Waals surface area contributed by atoms with Crippen molar-refractivity contribution in [2.75, 3.05) is 0 Å². The zero-order valence-electron chi connectivity index (χ0n) is 65.0. The average Bonchev–Trinajstić information content (AvgIpc) is 1.73. The van der Waals surface area contributed by atoms with E-state index in [1.807, 2.05) is 0 Å². The highest BCUT2D eigenvalue weighted by atomic mass is 14.5. The lowest BCUT2D eigenvalue weighted by Gasteiger charge is -2.17. The van der Waals surface area contributed by atoms with E-state index in [0.29, 0.717) is 0 Å². The van der Waals surface area contributed by atoms with Gasteiger partial charge in [0.05, 0.1) is 0 Å². The molecule has 0 heterocycles. The molecule has 11 saturated carbocycles. The maximum atomic E-state index is 2.46. The Morgan fingerprint density at radius 1 is 0.218 bits per heavy atom. The SMILES string of the molecule is C1=CC2CC1CC2CCc1ccccc1.C1=CC2CC1CC2Cc1ccccc1.C1=CC2CCC1C2.CC1CC2C=CC1C2.CC1CC2C=CC1C2.CC1CC2C=CC1C2.CC1CC2C=CC1C2.CC1CC2C=CC1C2.CC1CC2C=CC1C2.CC1CC2C=CC1C2.CCC1CC2C=CC1C2. The second-order valence-electron chi connectivity index (χ2n) is 38.8. The van der Waals surface area contributed by atoms with Crippen molar-refractivity contribution in [3.8, 4) is 0 Å². The minimum Gasteiger partial charge on any atom is -0.0851 e. The van der Waals surface area contributed by atoms with Crippen LogP contribution < -0.4 is 0 Å². The van der Waals surface area contributed by atoms with Gasteiger partial charge in [0.2, 0.25) is 0 Å². The first-order chi connectivity index (χ1) is 49.2. The van der Waals surface area contributed by atoms with E-state index in [9.17, 15) is 0 Å². The first-order valence-corrected chi connectivity index (χ1v) is 43.8. The lowest BCUT2D eigenvalue weighted by molar-refractivity contribution is 0.416. The van der Waals surface area contributed by atoms with Crippen LogP contribution in [0.1, 0.15) is 227 Å². The van der Waals surface area contributed by atoms with Crippen molar-refractivity contribution in [2.24, 2.45) is 189 Å². The Morgan fingerprint density at radius 2 is 0.455 bits per heavy atom. The van der Waals surface area contributed by atoms with Gasteiger partial charge in [-0.3, -0.25) is 0 Å². The lowest BCUT2D eigenvalue weighted by Crippen LogP contribution is -2.09. The number of benzene rings is 2. The molecule has 32 unspecified atom stereocenters. The molecule has 22 bridgehead atoms. The summed E-state index contributed by atoms with van der Waals surface area (Å²) in [4.78, 5) is 0. The van der Waals surface area contributed by atoms with Crippen LogP contribution in [0.15, 0.2) is 194 Å². The minimum absolute atomic E-state index is 0.889. The Balaban J connectivity index is 0.0000000952. The van der Waals surface area contributed by atoms with Crippen LogP contribution >= 0.6 is 0 Å². The molecule has 24 rings (SSSR count). The van der Waals surface area contributed by atoms with Crippen molar-refractivity contribution in [3.63, 3.8) is 0 Å². The number of hydrogen-bond donors (Lipinski definition) is 0. The third-order valence-electron chi connectivity index (χ3n) is 31.2. The van der Waals surface area contributed by atoms with E-state index >= 15 is 0 Å². The van der Waals surface area contributed by atoms with Gasteiger partial charge >= 0.3 is 0 Å². The number of allylic oxidation sites excluding steroid dienone is 22. The fraction of sp³-hybridized carbons (Fsp3) is 0.663. The Hall–Kier alpha value is -4.42. The van der Waals surface area contributed by atoms with Crippen LogP contribution in [0.4, 0.5) is 0 Å². The van der Waals surface area contributed by atoms with E-state index in [1.165, 1.54) is 184 Å². The van der Waals surface area contributed by atoms with Crippen molar-refractivity contribution in [3.05, 3.63) is 205 Å². The standard InChI is InChI=1S/C15H18.C14H16.C9H14.7C8H12.C7H10/c1-2-4-12(5-3-1)6-8-14-10-13-7-9-15(14)11-13;1-2-4-11(5-3-1)8-14-10-12-6-7-13(14)9-12;1-2-8-5-7-3-4-9(8)6-7;7*1-6-4-7-2-3-8(6)5-7;1-2-7-4-3-6(1)5-7/h1-5,7,9,13-15H,6,8,10-11H2;1-7,12-14H,8-10H2;3-4,7-9H,2,5-6H2,1H3;7*2-3,6-8H,4-5H2,1H3;1-2,6-7H,3-5H2. The van der Waals surface area contributed by atoms with Crippen LogP contribution in [0.2, 0.25) is 0 Å². The molecule has 0 amide bonds. The monoisotopic (exact) mass is 1360 g/mol. The second kappa shape index (κ2) is 34.9. The Kier molecular flexibility index (Phi) is 25.4. The van der Waals surface area contributed by atoms with E-state index in [-0.39, 0.29) is 0 Å². The van der Waals surface area contributed by atoms with Crippen LogP contribution in [-0.2, 0) is 12.8 Å². The van der Waals surface area contributed by atoms with Crippen LogP contribution in [-0.4, -0.2) is 0 Å². The maximum absolute atomic E-state index is 2.46. The Morgan fingerprint density at radius 3 is 0.634 bits per heavy atom. The number of rotatable bonds is 6. The fourth-order valence-corrected chi connectivity index (χ4v) is 24.7. The molecule has 22 aliphatic rings. The molecule has 11 fully saturated rings. The van der Waals surface area contributed by atoms with Crippen LogP contribution in [0.3, 0.4) is 0 Å². The third kappa shape index (κ3) is 19.6. The summed E-state index contributed by atoms with van der Waals surface area (Å²) in [7, 11) is 0. The van der Waals surface area contributed by atoms with Crippen LogP contribution in [0, 0.1) is 189 Å². The van der Waals surface area contributed by atoms with Gasteiger partial charge in [-0.15, -0.1) is 0 Å². The predicted octanol–water partition coefficient (Wildman–Crippen LogP) is 27.4. The molecule has 0 aliphatic heterocycles. The molecule has 0 heteroatoms. The summed E-state index contributed by atoms with van der Waals surface area (Å²) in [5, 5.41) is 0. The Bertz CT molecular complexity index is 2910. The highest BCUT2D eigenvalue weighted by Gasteiger charge is 2.40. The highest BCUT2D eigenvalue weighted by molar-refractivity contribution is 5.21. The van der Waals surface area contributed by atoms with Gasteiger partial charge in [-0.05, 0) is 367 Å². The topological polar surface area (TPSA) is 0 Å². The predicted molar refractivity (Wildman–Crippen MR) is 433 cm³/mol. The quantitative estimate of drug-likeness (QED) is 0.253. The molecule has 0 saturated heterocycles. The second-order valence-corrected chi connectivity index (χ2v) is 38.8. The number of fused-ring (bicyclic) bond motifs is 22. The van der Waals surface area contributed by atoms with Gasteiger partial charge in [-0.25, -0.2) is 0 Å². The zero-order valence-corrected chi connectivity index (χ0v) is 65.0. The van der Waals surface area contributed by atoms with E-state index in [2.05, 4.69) is 250 Å². The van der Waals surface area contributed by atoms with E-state index in [1.54, 1.807) is 0 Å². The van der Waals surface area contributed by atoms with Gasteiger partial charge in [-0.1, -0.05) is 256 Å². The molecule has 0 radical (unpaired) electrons. The molecule has 0 N–H and O–H groups in total. The summed E-state index contributed by atoms with van der Waals surface area (Å²) < 4.78 is 0. The van der Waals surface area contributed by atoms with Gasteiger partial charge in [0.15, 0.2) is 0 Å². The summed E-state index contributed by atoms with van der Waals surface area (Å²) in [5.74, 6) is 30.9. The zero-order chi connectivity index (χ0) is 69.3. The van der Waals surface area contributed by atoms with Crippen molar-refractivity contribution < 1.29 is 0 Å². The molecule has 0 nitrogen and oxygen atoms in total. The van der Waals surface area contributed by atoms with E-state index < -0.39 is 0 Å². The van der Waals surface area contributed by atoms with Gasteiger partial charge in [0, 0.05) is 0 Å². The summed E-state index contributed by atoms with van der Waals surface area (Å²) >= 11 is 0. The highest BCUT2D eigenvalue weighted by Crippen LogP contribution is 2.51. The molecule has 2 aromatic carbocycles. The molecule has 0 spiro atoms. The molecule has 0 aromatic heterocycles. The summed E-state index contributed by atoms with van der Waals surface area (Å²) in [5.41, 5.74) is 3.02. The summed E-state index contributed by atoms with van der Waals surface area (Å²) in [6.45, 7) is 18.9. The van der Waals surface area contributed by atoms with Crippen molar-refractivity contribution in [1.29, 1.82) is 0 Å². The Labute approximate surface area is 619 Å². The van der Waals surface area contributed by atoms with Crippen LogP contribution in [0.5, 0.6) is 0 Å². The minimum atomic E-state index is 0.889. The molecule has 546 valence electrons. The summed E-state index contributed by atoms with van der Waals surface area (Å²) in [6.07, 6.45) is 91.8. The van der Waals surface area contributed by atoms with E-state index in [4.69, 9.17) is 0 Å². The molecule has 101 heavy (non-hydrogen) atoms. The smallest absolute Gasteiger partial charge is 0.0196 e. The number of hydrogen-bond acceptors (Lipinski definition) is 0. The van der Waals surface area contributed by atoms with Gasteiger partial charge < -0.3 is 0 Å². The van der Waals surface area contributed by atoms with Crippen molar-refractivity contribution in [1.82, 2.24) is 0 Å². The van der Waals surface area contributed by atoms with Gasteiger partial charge in [0.1, 0.15) is 0 Å². The first kappa shape index (κ1) is 73.5. The first-order valence-electron chi connectivity index (χ1n) is 43.8. The molecule has 2 aromatic rings. The van der Waals surface area contributed by atoms with Crippen molar-refractivity contribution in [2.45, 2.75) is 229 Å². The van der Waals surface area contributed by atoms with Gasteiger partial charge in [-0.2, -0.15) is 0 Å². The third-order valence-corrected chi connectivity index (χ3v) is 31.2. The van der Waals surface area contributed by atoms with Crippen molar-refractivity contribution >= 4 is 0 Å². The molecular formula is C101H142. The summed E-state index contributed by atoms with van der Waals surface area (Å²) in [6, 6.07) is 21.8. The molecule has 22 aliphatic carbocycles. The largest absolute Gasteiger partial charge is 0.0851 e. The maximum Gasteiger partial charge on any atom is -0.0196 e. The molecule has 32 atom stereocenters.